The van der Waals surface area contributed by atoms with Crippen molar-refractivity contribution in [1.29, 1.82) is 0 Å². The van der Waals surface area contributed by atoms with Crippen LogP contribution in [0.2, 0.25) is 0 Å². The maximum Gasteiger partial charge on any atom is 0.240 e. The molecule has 0 fully saturated rings. The first-order valence-corrected chi connectivity index (χ1v) is 5.01. The molecule has 10 heteroatoms. The zero-order chi connectivity index (χ0) is 12.2. The fraction of sp³-hybridized carbons (Fsp3) is 1.00. The molecule has 88 valence electrons. The van der Waals surface area contributed by atoms with Crippen LogP contribution in [-0.2, 0) is 0 Å². The van der Waals surface area contributed by atoms with E-state index >= 15 is 0 Å². The molecule has 0 bridgehead atoms. The molecule has 0 aliphatic rings. The minimum atomic E-state index is -1.97. The summed E-state index contributed by atoms with van der Waals surface area (Å²) >= 11 is 29.4. The summed E-state index contributed by atoms with van der Waals surface area (Å²) in [4.78, 5) is 0. The zero-order valence-electron chi connectivity index (χ0n) is 6.21. The highest BCUT2D eigenvalue weighted by molar-refractivity contribution is 6.68. The fourth-order valence-electron chi connectivity index (χ4n) is 0. The van der Waals surface area contributed by atoms with E-state index in [1.54, 1.807) is 0 Å². The lowest BCUT2D eigenvalue weighted by molar-refractivity contribution is -0.0361. The highest BCUT2D eigenvalue weighted by atomic mass is 35.6. The number of hydrogen-bond acceptors (Lipinski definition) is 4. The van der Waals surface area contributed by atoms with E-state index < -0.39 is 20.2 Å². The number of halogens is 6. The van der Waals surface area contributed by atoms with Crippen LogP contribution in [0.1, 0.15) is 0 Å². The Kier molecular flexibility index (Phi) is 9.00. The van der Waals surface area contributed by atoms with Crippen molar-refractivity contribution >= 4 is 69.6 Å². The Balaban J connectivity index is 0. The topological polar surface area (TPSA) is 80.9 Å². The second-order valence-electron chi connectivity index (χ2n) is 1.83. The van der Waals surface area contributed by atoms with Crippen molar-refractivity contribution in [3.63, 3.8) is 0 Å². The molecule has 0 heterocycles. The molecule has 0 aliphatic heterocycles. The molecule has 14 heavy (non-hydrogen) atoms. The predicted octanol–water partition coefficient (Wildman–Crippen LogP) is 1.33. The van der Waals surface area contributed by atoms with Gasteiger partial charge in [-0.1, -0.05) is 69.6 Å². The summed E-state index contributed by atoms with van der Waals surface area (Å²) in [6.45, 7) is 0. The van der Waals surface area contributed by atoms with E-state index in [-0.39, 0.29) is 0 Å². The quantitative estimate of drug-likeness (QED) is 0.399. The van der Waals surface area contributed by atoms with Crippen molar-refractivity contribution in [3.8, 4) is 0 Å². The van der Waals surface area contributed by atoms with Crippen LogP contribution in [-0.4, -0.2) is 40.6 Å². The largest absolute Gasteiger partial charge is 0.365 e. The Morgan fingerprint density at radius 3 is 0.643 bits per heavy atom. The van der Waals surface area contributed by atoms with Gasteiger partial charge in [0.15, 0.2) is 12.6 Å². The van der Waals surface area contributed by atoms with Crippen LogP contribution in [0.25, 0.3) is 0 Å². The molecule has 0 saturated carbocycles. The molecule has 0 radical (unpaired) electrons. The molecule has 0 aromatic heterocycles. The molecule has 0 rings (SSSR count). The smallest absolute Gasteiger partial charge is 0.240 e. The third-order valence-electron chi connectivity index (χ3n) is 0.586. The Bertz CT molecular complexity index is 131. The van der Waals surface area contributed by atoms with Gasteiger partial charge in [0.25, 0.3) is 0 Å². The maximum absolute atomic E-state index is 8.05. The molecule has 0 saturated heterocycles. The first-order chi connectivity index (χ1) is 5.89. The molecule has 0 aliphatic carbocycles. The van der Waals surface area contributed by atoms with Crippen LogP contribution in [0.3, 0.4) is 0 Å². The minimum Gasteiger partial charge on any atom is -0.365 e. The SMILES string of the molecule is OC(O)C(Cl)(Cl)Cl.OC(O)C(Cl)(Cl)Cl. The molecular weight excluding hydrogens is 325 g/mol. The Morgan fingerprint density at radius 2 is 0.643 bits per heavy atom. The van der Waals surface area contributed by atoms with Crippen LogP contribution in [0.4, 0.5) is 0 Å². The van der Waals surface area contributed by atoms with Gasteiger partial charge in [0.2, 0.25) is 7.59 Å². The standard InChI is InChI=1S/2C2H3Cl3O2/c2*3-2(4,5)1(6)7/h2*1,6-7H. The van der Waals surface area contributed by atoms with Gasteiger partial charge in [0.1, 0.15) is 0 Å². The van der Waals surface area contributed by atoms with E-state index in [1.165, 1.54) is 0 Å². The summed E-state index contributed by atoms with van der Waals surface area (Å²) in [7, 11) is 0. The number of hydrogen-bond donors (Lipinski definition) is 4. The molecule has 0 unspecified atom stereocenters. The lowest BCUT2D eigenvalue weighted by atomic mass is 10.8. The Labute approximate surface area is 110 Å². The minimum absolute atomic E-state index is 1.91. The van der Waals surface area contributed by atoms with Gasteiger partial charge in [0, 0.05) is 0 Å². The molecule has 0 amide bonds. The van der Waals surface area contributed by atoms with E-state index in [1.807, 2.05) is 0 Å². The van der Waals surface area contributed by atoms with E-state index in [0.717, 1.165) is 0 Å². The lowest BCUT2D eigenvalue weighted by Gasteiger charge is -2.10. The van der Waals surface area contributed by atoms with E-state index in [4.69, 9.17) is 90.0 Å². The summed E-state index contributed by atoms with van der Waals surface area (Å²) in [6.07, 6.45) is -3.81. The maximum atomic E-state index is 8.05. The van der Waals surface area contributed by atoms with Crippen molar-refractivity contribution in [2.24, 2.45) is 0 Å². The highest BCUT2D eigenvalue weighted by Crippen LogP contribution is 2.28. The van der Waals surface area contributed by atoms with Crippen LogP contribution in [0, 0.1) is 0 Å². The molecule has 0 aromatic carbocycles. The Hall–Kier alpha value is 1.58. The first-order valence-electron chi connectivity index (χ1n) is 2.74. The summed E-state index contributed by atoms with van der Waals surface area (Å²) in [5, 5.41) is 32.2. The van der Waals surface area contributed by atoms with Gasteiger partial charge < -0.3 is 20.4 Å². The summed E-state index contributed by atoms with van der Waals surface area (Å²) < 4.78 is -3.94. The monoisotopic (exact) mass is 328 g/mol. The average molecular weight is 331 g/mol. The fourth-order valence-corrected chi connectivity index (χ4v) is 0. The first kappa shape index (κ1) is 18.0. The van der Waals surface area contributed by atoms with Crippen molar-refractivity contribution in [2.45, 2.75) is 20.2 Å². The second kappa shape index (κ2) is 7.01. The summed E-state index contributed by atoms with van der Waals surface area (Å²) in [6, 6.07) is 0. The van der Waals surface area contributed by atoms with Gasteiger partial charge in [-0.3, -0.25) is 0 Å². The van der Waals surface area contributed by atoms with Gasteiger partial charge in [-0.15, -0.1) is 0 Å². The molecule has 0 aromatic rings. The summed E-state index contributed by atoms with van der Waals surface area (Å²) in [5.41, 5.74) is 0. The molecule has 4 nitrogen and oxygen atoms in total. The van der Waals surface area contributed by atoms with Crippen molar-refractivity contribution in [2.75, 3.05) is 0 Å². The van der Waals surface area contributed by atoms with Gasteiger partial charge >= 0.3 is 0 Å². The van der Waals surface area contributed by atoms with Gasteiger partial charge in [-0.05, 0) is 0 Å². The molecule has 0 spiro atoms. The van der Waals surface area contributed by atoms with Crippen molar-refractivity contribution < 1.29 is 20.4 Å². The normalized spacial score (nSPS) is 12.9. The molecule has 0 atom stereocenters. The molecular formula is C4H6Cl6O4. The van der Waals surface area contributed by atoms with Gasteiger partial charge in [-0.2, -0.15) is 0 Å². The van der Waals surface area contributed by atoms with E-state index in [2.05, 4.69) is 0 Å². The number of rotatable bonds is 0. The predicted molar refractivity (Wildman–Crippen MR) is 57.0 cm³/mol. The number of aliphatic hydroxyl groups is 4. The van der Waals surface area contributed by atoms with E-state index in [0.29, 0.717) is 0 Å². The summed E-state index contributed by atoms with van der Waals surface area (Å²) in [5.74, 6) is 0. The lowest BCUT2D eigenvalue weighted by Crippen LogP contribution is -2.23. The number of aliphatic hydroxyl groups excluding tert-OH is 2. The van der Waals surface area contributed by atoms with Gasteiger partial charge in [0.05, 0.1) is 0 Å². The van der Waals surface area contributed by atoms with Crippen LogP contribution < -0.4 is 0 Å². The average Bonchev–Trinajstić information content (AvgIpc) is 1.83. The molecule has 4 N–H and O–H groups in total. The van der Waals surface area contributed by atoms with Crippen LogP contribution >= 0.6 is 69.6 Å². The Morgan fingerprint density at radius 1 is 0.571 bits per heavy atom. The third-order valence-corrected chi connectivity index (χ3v) is 1.76. The van der Waals surface area contributed by atoms with Crippen molar-refractivity contribution in [1.82, 2.24) is 0 Å². The second-order valence-corrected chi connectivity index (χ2v) is 6.57. The van der Waals surface area contributed by atoms with E-state index in [9.17, 15) is 0 Å². The number of alkyl halides is 6. The van der Waals surface area contributed by atoms with Gasteiger partial charge in [-0.25, -0.2) is 0 Å². The van der Waals surface area contributed by atoms with Crippen molar-refractivity contribution in [3.05, 3.63) is 0 Å². The van der Waals surface area contributed by atoms with Crippen LogP contribution in [0.5, 0.6) is 0 Å². The zero-order valence-corrected chi connectivity index (χ0v) is 10.7. The third kappa shape index (κ3) is 11.7. The van der Waals surface area contributed by atoms with Crippen LogP contribution in [0.15, 0.2) is 0 Å². The highest BCUT2D eigenvalue weighted by Gasteiger charge is 2.28.